The summed E-state index contributed by atoms with van der Waals surface area (Å²) in [6.45, 7) is 2.06. The van der Waals surface area contributed by atoms with Crippen molar-refractivity contribution < 1.29 is 0 Å². The highest BCUT2D eigenvalue weighted by Gasteiger charge is 2.10. The highest BCUT2D eigenvalue weighted by molar-refractivity contribution is 9.10. The number of tetrazole rings is 1. The predicted octanol–water partition coefficient (Wildman–Crippen LogP) is 4.03. The summed E-state index contributed by atoms with van der Waals surface area (Å²) in [5.41, 5.74) is 3.39. The van der Waals surface area contributed by atoms with Crippen LogP contribution in [0.25, 0.3) is 5.69 Å². The first-order valence-electron chi connectivity index (χ1n) is 6.45. The summed E-state index contributed by atoms with van der Waals surface area (Å²) < 4.78 is 2.87. The monoisotopic (exact) mass is 360 g/mol. The molecule has 0 bridgehead atoms. The molecule has 21 heavy (non-hydrogen) atoms. The summed E-state index contributed by atoms with van der Waals surface area (Å²) in [4.78, 5) is 0. The maximum Gasteiger partial charge on any atom is 0.214 e. The van der Waals surface area contributed by atoms with E-state index in [1.54, 1.807) is 16.4 Å². The van der Waals surface area contributed by atoms with Gasteiger partial charge < -0.3 is 0 Å². The van der Waals surface area contributed by atoms with Crippen molar-refractivity contribution in [2.45, 2.75) is 17.8 Å². The van der Waals surface area contributed by atoms with Gasteiger partial charge in [0.15, 0.2) is 0 Å². The molecule has 3 rings (SSSR count). The summed E-state index contributed by atoms with van der Waals surface area (Å²) in [6, 6.07) is 16.3. The fourth-order valence-electron chi connectivity index (χ4n) is 2.00. The van der Waals surface area contributed by atoms with E-state index in [0.717, 1.165) is 26.6 Å². The topological polar surface area (TPSA) is 43.6 Å². The van der Waals surface area contributed by atoms with Crippen molar-refractivity contribution in [3.8, 4) is 5.69 Å². The van der Waals surface area contributed by atoms with Crippen molar-refractivity contribution in [3.05, 3.63) is 64.1 Å². The van der Waals surface area contributed by atoms with Crippen LogP contribution in [0.2, 0.25) is 0 Å². The molecule has 0 aliphatic carbocycles. The van der Waals surface area contributed by atoms with Gasteiger partial charge in [-0.25, -0.2) is 0 Å². The number of hydrogen-bond donors (Lipinski definition) is 0. The number of hydrogen-bond acceptors (Lipinski definition) is 4. The lowest BCUT2D eigenvalue weighted by atomic mass is 10.2. The van der Waals surface area contributed by atoms with Crippen LogP contribution in [0.1, 0.15) is 11.1 Å². The summed E-state index contributed by atoms with van der Waals surface area (Å²) >= 11 is 5.11. The molecule has 0 saturated heterocycles. The average molecular weight is 361 g/mol. The van der Waals surface area contributed by atoms with E-state index in [4.69, 9.17) is 0 Å². The normalized spacial score (nSPS) is 10.8. The average Bonchev–Trinajstić information content (AvgIpc) is 2.94. The number of thioether (sulfide) groups is 1. The molecule has 0 atom stereocenters. The molecule has 0 unspecified atom stereocenters. The van der Waals surface area contributed by atoms with Crippen molar-refractivity contribution in [3.63, 3.8) is 0 Å². The van der Waals surface area contributed by atoms with Gasteiger partial charge in [-0.2, -0.15) is 4.68 Å². The minimum Gasteiger partial charge on any atom is -0.187 e. The number of aryl methyl sites for hydroxylation is 1. The van der Waals surface area contributed by atoms with E-state index in [9.17, 15) is 0 Å². The standard InChI is InChI=1S/C15H13BrN4S/c1-11-5-2-3-8-14(11)20-15(17-18-19-20)21-10-12-6-4-7-13(16)9-12/h2-9H,10H2,1H3. The zero-order valence-electron chi connectivity index (χ0n) is 11.4. The van der Waals surface area contributed by atoms with Gasteiger partial charge in [-0.1, -0.05) is 58.0 Å². The van der Waals surface area contributed by atoms with Gasteiger partial charge in [-0.15, -0.1) is 5.10 Å². The summed E-state index contributed by atoms with van der Waals surface area (Å²) in [5, 5.41) is 12.8. The third kappa shape index (κ3) is 3.33. The van der Waals surface area contributed by atoms with Gasteiger partial charge in [0, 0.05) is 10.2 Å². The van der Waals surface area contributed by atoms with Gasteiger partial charge in [-0.05, 0) is 46.7 Å². The Hall–Kier alpha value is -1.66. The molecule has 3 aromatic rings. The van der Waals surface area contributed by atoms with Gasteiger partial charge in [0.25, 0.3) is 0 Å². The molecule has 0 N–H and O–H groups in total. The van der Waals surface area contributed by atoms with Crippen molar-refractivity contribution in [1.82, 2.24) is 20.2 Å². The van der Waals surface area contributed by atoms with E-state index in [1.807, 2.05) is 30.3 Å². The molecule has 0 saturated carbocycles. The van der Waals surface area contributed by atoms with E-state index in [-0.39, 0.29) is 0 Å². The number of rotatable bonds is 4. The van der Waals surface area contributed by atoms with Gasteiger partial charge >= 0.3 is 0 Å². The number of halogens is 1. The van der Waals surface area contributed by atoms with Crippen molar-refractivity contribution in [2.24, 2.45) is 0 Å². The zero-order chi connectivity index (χ0) is 14.7. The number of nitrogens with zero attached hydrogens (tertiary/aromatic N) is 4. The van der Waals surface area contributed by atoms with Crippen LogP contribution in [0, 0.1) is 6.92 Å². The van der Waals surface area contributed by atoms with Crippen LogP contribution in [-0.4, -0.2) is 20.2 Å². The minimum absolute atomic E-state index is 0.796. The highest BCUT2D eigenvalue weighted by atomic mass is 79.9. The summed E-state index contributed by atoms with van der Waals surface area (Å²) in [7, 11) is 0. The third-order valence-corrected chi connectivity index (χ3v) is 4.53. The van der Waals surface area contributed by atoms with Crippen LogP contribution in [-0.2, 0) is 5.75 Å². The molecule has 0 aliphatic rings. The first-order chi connectivity index (χ1) is 10.2. The van der Waals surface area contributed by atoms with Crippen molar-refractivity contribution in [1.29, 1.82) is 0 Å². The van der Waals surface area contributed by atoms with Gasteiger partial charge in [0.05, 0.1) is 5.69 Å². The Balaban J connectivity index is 1.82. The fraction of sp³-hybridized carbons (Fsp3) is 0.133. The molecular weight excluding hydrogens is 348 g/mol. The second kappa shape index (κ2) is 6.41. The Kier molecular flexibility index (Phi) is 4.36. The van der Waals surface area contributed by atoms with Crippen LogP contribution in [0.15, 0.2) is 58.2 Å². The second-order valence-electron chi connectivity index (χ2n) is 4.58. The third-order valence-electron chi connectivity index (χ3n) is 3.04. The summed E-state index contributed by atoms with van der Waals surface area (Å²) in [5.74, 6) is 0.825. The number of para-hydroxylation sites is 1. The van der Waals surface area contributed by atoms with Crippen LogP contribution in [0.4, 0.5) is 0 Å². The summed E-state index contributed by atoms with van der Waals surface area (Å²) in [6.07, 6.45) is 0. The SMILES string of the molecule is Cc1ccccc1-n1nnnc1SCc1cccc(Br)c1. The molecule has 0 spiro atoms. The van der Waals surface area contributed by atoms with Gasteiger partial charge in [0.1, 0.15) is 0 Å². The van der Waals surface area contributed by atoms with Crippen LogP contribution < -0.4 is 0 Å². The molecule has 2 aromatic carbocycles. The maximum atomic E-state index is 4.12. The molecule has 0 fully saturated rings. The number of benzene rings is 2. The van der Waals surface area contributed by atoms with Gasteiger partial charge in [0.2, 0.25) is 5.16 Å². The fourth-order valence-corrected chi connectivity index (χ4v) is 3.27. The van der Waals surface area contributed by atoms with Crippen molar-refractivity contribution >= 4 is 27.7 Å². The Labute approximate surface area is 135 Å². The molecular formula is C15H13BrN4S. The highest BCUT2D eigenvalue weighted by Crippen LogP contribution is 2.24. The second-order valence-corrected chi connectivity index (χ2v) is 6.44. The lowest BCUT2D eigenvalue weighted by Crippen LogP contribution is -2.01. The molecule has 4 nitrogen and oxygen atoms in total. The molecule has 0 radical (unpaired) electrons. The molecule has 1 heterocycles. The molecule has 0 aliphatic heterocycles. The van der Waals surface area contributed by atoms with Crippen LogP contribution in [0.3, 0.4) is 0 Å². The first kappa shape index (κ1) is 14.3. The predicted molar refractivity (Wildman–Crippen MR) is 87.6 cm³/mol. The largest absolute Gasteiger partial charge is 0.214 e. The smallest absolute Gasteiger partial charge is 0.187 e. The Bertz CT molecular complexity index is 757. The van der Waals surface area contributed by atoms with E-state index in [0.29, 0.717) is 0 Å². The van der Waals surface area contributed by atoms with Crippen molar-refractivity contribution in [2.75, 3.05) is 0 Å². The van der Waals surface area contributed by atoms with Gasteiger partial charge in [-0.3, -0.25) is 0 Å². The molecule has 1 aromatic heterocycles. The lowest BCUT2D eigenvalue weighted by molar-refractivity contribution is 0.752. The molecule has 6 heteroatoms. The first-order valence-corrected chi connectivity index (χ1v) is 8.23. The number of aromatic nitrogens is 4. The quantitative estimate of drug-likeness (QED) is 0.659. The zero-order valence-corrected chi connectivity index (χ0v) is 13.8. The Morgan fingerprint density at radius 3 is 2.81 bits per heavy atom. The Morgan fingerprint density at radius 1 is 1.14 bits per heavy atom. The van der Waals surface area contributed by atoms with E-state index in [2.05, 4.69) is 56.6 Å². The van der Waals surface area contributed by atoms with Crippen LogP contribution >= 0.6 is 27.7 Å². The maximum absolute atomic E-state index is 4.12. The Morgan fingerprint density at radius 2 is 2.00 bits per heavy atom. The van der Waals surface area contributed by atoms with E-state index in [1.165, 1.54) is 5.56 Å². The van der Waals surface area contributed by atoms with Crippen LogP contribution in [0.5, 0.6) is 0 Å². The van der Waals surface area contributed by atoms with E-state index >= 15 is 0 Å². The van der Waals surface area contributed by atoms with E-state index < -0.39 is 0 Å². The molecule has 106 valence electrons. The minimum atomic E-state index is 0.796. The lowest BCUT2D eigenvalue weighted by Gasteiger charge is -2.07. The molecule has 0 amide bonds.